The largest absolute Gasteiger partial charge is 0.354 e. The van der Waals surface area contributed by atoms with E-state index in [2.05, 4.69) is 20.3 Å². The van der Waals surface area contributed by atoms with E-state index < -0.39 is 0 Å². The first-order valence-electron chi connectivity index (χ1n) is 6.35. The number of amides is 1. The number of carbonyl (C=O) groups excluding carboxylic acids is 1. The van der Waals surface area contributed by atoms with Gasteiger partial charge in [-0.3, -0.25) is 14.2 Å². The van der Waals surface area contributed by atoms with Crippen molar-refractivity contribution < 1.29 is 4.79 Å². The lowest BCUT2D eigenvalue weighted by Crippen LogP contribution is -2.31. The van der Waals surface area contributed by atoms with Crippen LogP contribution in [0, 0.1) is 6.92 Å². The van der Waals surface area contributed by atoms with E-state index in [1.807, 2.05) is 0 Å². The van der Waals surface area contributed by atoms with E-state index in [4.69, 9.17) is 0 Å². The minimum atomic E-state index is -0.124. The van der Waals surface area contributed by atoms with Gasteiger partial charge in [-0.2, -0.15) is 0 Å². The Morgan fingerprint density at radius 2 is 2.10 bits per heavy atom. The molecule has 0 saturated heterocycles. The molecule has 0 fully saturated rings. The fourth-order valence-corrected chi connectivity index (χ4v) is 2.17. The Kier molecular flexibility index (Phi) is 5.44. The minimum absolute atomic E-state index is 0.121. The van der Waals surface area contributed by atoms with Crippen molar-refractivity contribution in [1.82, 2.24) is 24.8 Å². The lowest BCUT2D eigenvalue weighted by atomic mass is 10.4. The highest BCUT2D eigenvalue weighted by molar-refractivity contribution is 7.99. The van der Waals surface area contributed by atoms with Crippen LogP contribution in [-0.2, 0) is 11.3 Å². The molecule has 0 aliphatic rings. The molecule has 7 nitrogen and oxygen atoms in total. The highest BCUT2D eigenvalue weighted by Gasteiger charge is 2.04. The molecule has 2 heterocycles. The number of hydrogen-bond donors (Lipinski definition) is 1. The van der Waals surface area contributed by atoms with Gasteiger partial charge < -0.3 is 5.32 Å². The number of thioether (sulfide) groups is 1. The van der Waals surface area contributed by atoms with Gasteiger partial charge in [-0.05, 0) is 13.0 Å². The van der Waals surface area contributed by atoms with E-state index >= 15 is 0 Å². The van der Waals surface area contributed by atoms with Crippen LogP contribution in [0.1, 0.15) is 5.69 Å². The van der Waals surface area contributed by atoms with Gasteiger partial charge in [-0.15, -0.1) is 0 Å². The molecule has 110 valence electrons. The van der Waals surface area contributed by atoms with Gasteiger partial charge in [0.1, 0.15) is 0 Å². The normalized spacial score (nSPS) is 10.3. The Morgan fingerprint density at radius 3 is 2.81 bits per heavy atom. The van der Waals surface area contributed by atoms with Crippen LogP contribution in [-0.4, -0.2) is 37.7 Å². The molecule has 1 N–H and O–H groups in total. The Bertz CT molecular complexity index is 659. The fourth-order valence-electron chi connectivity index (χ4n) is 1.54. The smallest absolute Gasteiger partial charge is 0.253 e. The predicted molar refractivity (Wildman–Crippen MR) is 79.0 cm³/mol. The summed E-state index contributed by atoms with van der Waals surface area (Å²) < 4.78 is 1.46. The lowest BCUT2D eigenvalue weighted by molar-refractivity contribution is -0.118. The number of rotatable bonds is 6. The first-order valence-corrected chi connectivity index (χ1v) is 7.33. The van der Waals surface area contributed by atoms with Gasteiger partial charge in [-0.25, -0.2) is 15.0 Å². The van der Waals surface area contributed by atoms with Gasteiger partial charge in [0.25, 0.3) is 5.56 Å². The molecule has 0 aliphatic heterocycles. The molecule has 0 aromatic carbocycles. The molecule has 0 spiro atoms. The van der Waals surface area contributed by atoms with Crippen molar-refractivity contribution in [3.8, 4) is 0 Å². The summed E-state index contributed by atoms with van der Waals surface area (Å²) >= 11 is 1.26. The average molecular weight is 305 g/mol. The molecular weight excluding hydrogens is 290 g/mol. The molecule has 0 unspecified atom stereocenters. The third kappa shape index (κ3) is 4.99. The molecule has 0 saturated carbocycles. The number of aryl methyl sites for hydroxylation is 1. The van der Waals surface area contributed by atoms with Crippen molar-refractivity contribution in [2.75, 3.05) is 12.3 Å². The van der Waals surface area contributed by atoms with Crippen LogP contribution in [0.2, 0.25) is 0 Å². The molecule has 0 radical (unpaired) electrons. The van der Waals surface area contributed by atoms with Gasteiger partial charge in [0, 0.05) is 37.2 Å². The Hall–Kier alpha value is -2.22. The molecule has 2 aromatic rings. The highest BCUT2D eigenvalue weighted by atomic mass is 32.2. The Balaban J connectivity index is 1.73. The van der Waals surface area contributed by atoms with Gasteiger partial charge in [0.05, 0.1) is 12.1 Å². The number of nitrogens with one attached hydrogen (secondary N) is 1. The van der Waals surface area contributed by atoms with Crippen molar-refractivity contribution >= 4 is 17.7 Å². The molecule has 2 aromatic heterocycles. The van der Waals surface area contributed by atoms with Crippen molar-refractivity contribution in [2.45, 2.75) is 18.6 Å². The standard InChI is InChI=1S/C13H15N5O2S/c1-10-7-12(20)18(9-17-10)6-5-14-11(19)8-21-13-15-3-2-4-16-13/h2-4,7,9H,5-6,8H2,1H3,(H,14,19). The molecule has 1 amide bonds. The predicted octanol–water partition coefficient (Wildman–Crippen LogP) is 0.250. The monoisotopic (exact) mass is 305 g/mol. The maximum Gasteiger partial charge on any atom is 0.253 e. The van der Waals surface area contributed by atoms with Gasteiger partial charge in [-0.1, -0.05) is 11.8 Å². The molecule has 0 bridgehead atoms. The van der Waals surface area contributed by atoms with E-state index in [9.17, 15) is 9.59 Å². The third-order valence-corrected chi connectivity index (χ3v) is 3.44. The van der Waals surface area contributed by atoms with Crippen LogP contribution in [0.3, 0.4) is 0 Å². The molecule has 2 rings (SSSR count). The molecule has 21 heavy (non-hydrogen) atoms. The second-order valence-corrected chi connectivity index (χ2v) is 5.17. The third-order valence-electron chi connectivity index (χ3n) is 2.57. The number of aromatic nitrogens is 4. The van der Waals surface area contributed by atoms with Crippen molar-refractivity contribution in [1.29, 1.82) is 0 Å². The van der Waals surface area contributed by atoms with Crippen LogP contribution in [0.5, 0.6) is 0 Å². The van der Waals surface area contributed by atoms with Crippen LogP contribution in [0.25, 0.3) is 0 Å². The van der Waals surface area contributed by atoms with E-state index in [-0.39, 0.29) is 17.2 Å². The number of nitrogens with zero attached hydrogens (tertiary/aromatic N) is 4. The average Bonchev–Trinajstić information content (AvgIpc) is 2.48. The molecular formula is C13H15N5O2S. The summed E-state index contributed by atoms with van der Waals surface area (Å²) in [5.74, 6) is 0.117. The number of hydrogen-bond acceptors (Lipinski definition) is 6. The summed E-state index contributed by atoms with van der Waals surface area (Å²) in [6.45, 7) is 2.53. The zero-order valence-electron chi connectivity index (χ0n) is 11.5. The van der Waals surface area contributed by atoms with E-state index in [0.29, 0.717) is 23.9 Å². The summed E-state index contributed by atoms with van der Waals surface area (Å²) in [7, 11) is 0. The SMILES string of the molecule is Cc1cc(=O)n(CCNC(=O)CSc2ncccn2)cn1. The summed E-state index contributed by atoms with van der Waals surface area (Å²) in [5.41, 5.74) is 0.559. The van der Waals surface area contributed by atoms with Crippen LogP contribution >= 0.6 is 11.8 Å². The van der Waals surface area contributed by atoms with Gasteiger partial charge in [0.15, 0.2) is 5.16 Å². The van der Waals surface area contributed by atoms with Crippen molar-refractivity contribution in [2.24, 2.45) is 0 Å². The Labute approximate surface area is 125 Å². The summed E-state index contributed by atoms with van der Waals surface area (Å²) in [5, 5.41) is 3.30. The van der Waals surface area contributed by atoms with Crippen molar-refractivity contribution in [3.05, 3.63) is 46.9 Å². The summed E-state index contributed by atoms with van der Waals surface area (Å²) in [6, 6.07) is 3.18. The quantitative estimate of drug-likeness (QED) is 0.608. The van der Waals surface area contributed by atoms with E-state index in [1.54, 1.807) is 25.4 Å². The Morgan fingerprint density at radius 1 is 1.33 bits per heavy atom. The fraction of sp³-hybridized carbons (Fsp3) is 0.308. The second-order valence-electron chi connectivity index (χ2n) is 4.23. The molecule has 0 atom stereocenters. The van der Waals surface area contributed by atoms with E-state index in [0.717, 1.165) is 0 Å². The second kappa shape index (κ2) is 7.53. The first kappa shape index (κ1) is 15.2. The van der Waals surface area contributed by atoms with Crippen LogP contribution < -0.4 is 10.9 Å². The minimum Gasteiger partial charge on any atom is -0.354 e. The first-order chi connectivity index (χ1) is 10.1. The van der Waals surface area contributed by atoms with Crippen LogP contribution in [0.15, 0.2) is 40.8 Å². The van der Waals surface area contributed by atoms with Gasteiger partial charge in [0.2, 0.25) is 5.91 Å². The van der Waals surface area contributed by atoms with E-state index in [1.165, 1.54) is 28.7 Å². The summed E-state index contributed by atoms with van der Waals surface area (Å²) in [6.07, 6.45) is 4.74. The van der Waals surface area contributed by atoms with Crippen LogP contribution in [0.4, 0.5) is 0 Å². The topological polar surface area (TPSA) is 89.8 Å². The summed E-state index contributed by atoms with van der Waals surface area (Å²) in [4.78, 5) is 35.3. The molecule has 0 aliphatic carbocycles. The van der Waals surface area contributed by atoms with Crippen molar-refractivity contribution in [3.63, 3.8) is 0 Å². The number of carbonyl (C=O) groups is 1. The zero-order valence-corrected chi connectivity index (χ0v) is 12.3. The zero-order chi connectivity index (χ0) is 15.1. The van der Waals surface area contributed by atoms with Gasteiger partial charge >= 0.3 is 0 Å². The lowest BCUT2D eigenvalue weighted by Gasteiger charge is -2.07. The maximum atomic E-state index is 11.7. The highest BCUT2D eigenvalue weighted by Crippen LogP contribution is 2.09. The molecule has 8 heteroatoms. The maximum absolute atomic E-state index is 11.7.